The molecule has 0 heterocycles. The molecule has 0 bridgehead atoms. The summed E-state index contributed by atoms with van der Waals surface area (Å²) < 4.78 is 0. The van der Waals surface area contributed by atoms with Gasteiger partial charge in [-0.1, -0.05) is 79.2 Å². The average molecular weight is 348 g/mol. The summed E-state index contributed by atoms with van der Waals surface area (Å²) in [6.45, 7) is 12.0. The van der Waals surface area contributed by atoms with Gasteiger partial charge in [0.05, 0.1) is 0 Å². The molecule has 7 unspecified atom stereocenters. The Morgan fingerprint density at radius 3 is 2.48 bits per heavy atom. The van der Waals surface area contributed by atoms with Gasteiger partial charge >= 0.3 is 0 Å². The molecule has 1 heteroatoms. The van der Waals surface area contributed by atoms with Gasteiger partial charge < -0.3 is 5.32 Å². The molecule has 0 spiro atoms. The largest absolute Gasteiger partial charge is 0.388 e. The number of allylic oxidation sites excluding steroid dienone is 1. The monoisotopic (exact) mass is 347 g/mol. The fraction of sp³-hybridized carbons (Fsp3) is 0.917. The minimum absolute atomic E-state index is 0.662. The third-order valence-corrected chi connectivity index (χ3v) is 7.11. The highest BCUT2D eigenvalue weighted by molar-refractivity contribution is 5.04. The van der Waals surface area contributed by atoms with Gasteiger partial charge in [-0.05, 0) is 67.4 Å². The van der Waals surface area contributed by atoms with E-state index in [0.29, 0.717) is 6.04 Å². The van der Waals surface area contributed by atoms with Gasteiger partial charge in [0.15, 0.2) is 0 Å². The van der Waals surface area contributed by atoms with Gasteiger partial charge in [0.25, 0.3) is 0 Å². The normalized spacial score (nSPS) is 36.3. The van der Waals surface area contributed by atoms with Crippen molar-refractivity contribution in [2.75, 3.05) is 0 Å². The fourth-order valence-electron chi connectivity index (χ4n) is 5.25. The van der Waals surface area contributed by atoms with Crippen molar-refractivity contribution in [2.45, 2.75) is 105 Å². The zero-order valence-electron chi connectivity index (χ0n) is 17.8. The summed E-state index contributed by atoms with van der Waals surface area (Å²) in [6, 6.07) is 0.662. The second-order valence-electron chi connectivity index (χ2n) is 9.60. The molecule has 2 aliphatic carbocycles. The molecule has 1 N–H and O–H groups in total. The lowest BCUT2D eigenvalue weighted by molar-refractivity contribution is 0.304. The van der Waals surface area contributed by atoms with Crippen LogP contribution in [0, 0.1) is 35.5 Å². The molecular weight excluding hydrogens is 302 g/mol. The molecule has 2 saturated carbocycles. The zero-order valence-corrected chi connectivity index (χ0v) is 17.8. The van der Waals surface area contributed by atoms with Crippen molar-refractivity contribution < 1.29 is 0 Å². The molecule has 25 heavy (non-hydrogen) atoms. The fourth-order valence-corrected chi connectivity index (χ4v) is 5.25. The van der Waals surface area contributed by atoms with Crippen LogP contribution in [0.2, 0.25) is 0 Å². The van der Waals surface area contributed by atoms with Crippen LogP contribution in [0.5, 0.6) is 0 Å². The molecule has 0 aromatic rings. The second-order valence-corrected chi connectivity index (χ2v) is 9.60. The van der Waals surface area contributed by atoms with Crippen molar-refractivity contribution >= 4 is 0 Å². The van der Waals surface area contributed by atoms with E-state index in [4.69, 9.17) is 0 Å². The molecule has 2 rings (SSSR count). The molecular formula is C24H45N. The molecule has 0 aromatic carbocycles. The minimum atomic E-state index is 0.662. The molecule has 7 atom stereocenters. The number of rotatable bonds is 8. The molecule has 0 aliphatic heterocycles. The van der Waals surface area contributed by atoms with Crippen LogP contribution in [0.15, 0.2) is 12.3 Å². The lowest BCUT2D eigenvalue weighted by Crippen LogP contribution is -2.30. The van der Waals surface area contributed by atoms with Crippen molar-refractivity contribution in [3.8, 4) is 0 Å². The number of hydrogen-bond acceptors (Lipinski definition) is 1. The minimum Gasteiger partial charge on any atom is -0.388 e. The SMILES string of the molecule is CCCC(N/C=C\C1CC1C1CCCCC(C)CC(C)C1)C(C)CC. The highest BCUT2D eigenvalue weighted by Gasteiger charge is 2.41. The number of hydrogen-bond donors (Lipinski definition) is 1. The van der Waals surface area contributed by atoms with Crippen LogP contribution < -0.4 is 5.32 Å². The first kappa shape index (κ1) is 20.8. The smallest absolute Gasteiger partial charge is 0.0281 e. The maximum Gasteiger partial charge on any atom is 0.0281 e. The van der Waals surface area contributed by atoms with Crippen LogP contribution in [0.4, 0.5) is 0 Å². The summed E-state index contributed by atoms with van der Waals surface area (Å²) in [4.78, 5) is 0. The molecule has 1 nitrogen and oxygen atoms in total. The van der Waals surface area contributed by atoms with Crippen molar-refractivity contribution in [2.24, 2.45) is 35.5 Å². The Bertz CT molecular complexity index is 388. The molecule has 0 saturated heterocycles. The molecule has 0 aromatic heterocycles. The summed E-state index contributed by atoms with van der Waals surface area (Å²) in [5.74, 6) is 5.50. The van der Waals surface area contributed by atoms with E-state index in [0.717, 1.165) is 35.5 Å². The van der Waals surface area contributed by atoms with E-state index in [1.54, 1.807) is 0 Å². The lowest BCUT2D eigenvalue weighted by Gasteiger charge is -2.23. The van der Waals surface area contributed by atoms with Crippen molar-refractivity contribution in [3.63, 3.8) is 0 Å². The summed E-state index contributed by atoms with van der Waals surface area (Å²) in [5.41, 5.74) is 0. The molecule has 0 amide bonds. The first-order chi connectivity index (χ1) is 12.0. The van der Waals surface area contributed by atoms with Gasteiger partial charge in [0, 0.05) is 6.04 Å². The zero-order chi connectivity index (χ0) is 18.2. The summed E-state index contributed by atoms with van der Waals surface area (Å²) >= 11 is 0. The summed E-state index contributed by atoms with van der Waals surface area (Å²) in [6.07, 6.45) is 19.0. The summed E-state index contributed by atoms with van der Waals surface area (Å²) in [7, 11) is 0. The van der Waals surface area contributed by atoms with E-state index in [1.807, 2.05) is 0 Å². The molecule has 2 fully saturated rings. The van der Waals surface area contributed by atoms with Gasteiger partial charge in [-0.2, -0.15) is 0 Å². The van der Waals surface area contributed by atoms with E-state index in [-0.39, 0.29) is 0 Å². The van der Waals surface area contributed by atoms with E-state index in [9.17, 15) is 0 Å². The third-order valence-electron chi connectivity index (χ3n) is 7.11. The van der Waals surface area contributed by atoms with Gasteiger partial charge in [-0.3, -0.25) is 0 Å². The van der Waals surface area contributed by atoms with Crippen LogP contribution in [0.3, 0.4) is 0 Å². The topological polar surface area (TPSA) is 12.0 Å². The highest BCUT2D eigenvalue weighted by Crippen LogP contribution is 2.50. The predicted octanol–water partition coefficient (Wildman–Crippen LogP) is 7.18. The molecule has 2 aliphatic rings. The lowest BCUT2D eigenvalue weighted by atomic mass is 9.85. The first-order valence-corrected chi connectivity index (χ1v) is 11.5. The van der Waals surface area contributed by atoms with E-state index < -0.39 is 0 Å². The maximum atomic E-state index is 3.73. The Balaban J connectivity index is 1.79. The van der Waals surface area contributed by atoms with E-state index in [2.05, 4.69) is 52.2 Å². The third kappa shape index (κ3) is 6.99. The quantitative estimate of drug-likeness (QED) is 0.490. The van der Waals surface area contributed by atoms with E-state index >= 15 is 0 Å². The highest BCUT2D eigenvalue weighted by atomic mass is 14.9. The van der Waals surface area contributed by atoms with Crippen LogP contribution in [0.1, 0.15) is 98.8 Å². The van der Waals surface area contributed by atoms with Crippen molar-refractivity contribution in [1.82, 2.24) is 5.32 Å². The average Bonchev–Trinajstić information content (AvgIpc) is 3.34. The van der Waals surface area contributed by atoms with Gasteiger partial charge in [-0.25, -0.2) is 0 Å². The molecule has 0 radical (unpaired) electrons. The van der Waals surface area contributed by atoms with E-state index in [1.165, 1.54) is 64.2 Å². The summed E-state index contributed by atoms with van der Waals surface area (Å²) in [5, 5.41) is 3.73. The first-order valence-electron chi connectivity index (χ1n) is 11.5. The van der Waals surface area contributed by atoms with Gasteiger partial charge in [0.2, 0.25) is 0 Å². The standard InChI is InChI=1S/C24H45N/c1-6-10-24(20(5)7-2)25-14-13-22-17-23(22)21-12-9-8-11-18(3)15-19(4)16-21/h13-14,18-25H,6-12,15-17H2,1-5H3/b14-13-. The van der Waals surface area contributed by atoms with Crippen molar-refractivity contribution in [3.05, 3.63) is 12.3 Å². The number of nitrogens with one attached hydrogen (secondary N) is 1. The second kappa shape index (κ2) is 10.6. The Labute approximate surface area is 158 Å². The van der Waals surface area contributed by atoms with Crippen LogP contribution >= 0.6 is 0 Å². The maximum absolute atomic E-state index is 3.73. The Hall–Kier alpha value is -0.460. The Morgan fingerprint density at radius 2 is 1.76 bits per heavy atom. The van der Waals surface area contributed by atoms with Crippen LogP contribution in [-0.4, -0.2) is 6.04 Å². The van der Waals surface area contributed by atoms with Crippen molar-refractivity contribution in [1.29, 1.82) is 0 Å². The van der Waals surface area contributed by atoms with Crippen LogP contribution in [0.25, 0.3) is 0 Å². The molecule has 146 valence electrons. The van der Waals surface area contributed by atoms with Crippen LogP contribution in [-0.2, 0) is 0 Å². The predicted molar refractivity (Wildman–Crippen MR) is 112 cm³/mol. The Kier molecular flexibility index (Phi) is 8.87. The Morgan fingerprint density at radius 1 is 1.00 bits per heavy atom. The van der Waals surface area contributed by atoms with Gasteiger partial charge in [-0.15, -0.1) is 0 Å². The van der Waals surface area contributed by atoms with Gasteiger partial charge in [0.1, 0.15) is 0 Å².